The summed E-state index contributed by atoms with van der Waals surface area (Å²) >= 11 is 0. The Morgan fingerprint density at radius 3 is 2.58 bits per heavy atom. The van der Waals surface area contributed by atoms with Gasteiger partial charge in [-0.1, -0.05) is 13.8 Å². The third-order valence-electron chi connectivity index (χ3n) is 2.86. The van der Waals surface area contributed by atoms with Crippen molar-refractivity contribution in [3.8, 4) is 0 Å². The largest absolute Gasteiger partial charge is 0.480 e. The van der Waals surface area contributed by atoms with Crippen molar-refractivity contribution >= 4 is 5.97 Å². The number of hydrogen-bond acceptors (Lipinski definition) is 4. The number of hydrogen-bond donors (Lipinski definition) is 2. The zero-order valence-corrected chi connectivity index (χ0v) is 11.8. The Morgan fingerprint density at radius 2 is 2.05 bits per heavy atom. The summed E-state index contributed by atoms with van der Waals surface area (Å²) in [6.07, 6.45) is 4.44. The van der Waals surface area contributed by atoms with Crippen molar-refractivity contribution in [3.63, 3.8) is 0 Å². The molecule has 0 amide bonds. The van der Waals surface area contributed by atoms with E-state index in [9.17, 15) is 4.79 Å². The summed E-state index contributed by atoms with van der Waals surface area (Å²) in [6.45, 7) is 5.23. The van der Waals surface area contributed by atoms with Crippen LogP contribution in [0.2, 0.25) is 0 Å². The number of carboxylic acids is 1. The van der Waals surface area contributed by atoms with E-state index < -0.39 is 12.0 Å². The maximum atomic E-state index is 11.1. The van der Waals surface area contributed by atoms with Crippen molar-refractivity contribution in [2.75, 3.05) is 20.1 Å². The van der Waals surface area contributed by atoms with E-state index in [2.05, 4.69) is 10.3 Å². The number of rotatable bonds is 8. The summed E-state index contributed by atoms with van der Waals surface area (Å²) in [5.41, 5.74) is 1.21. The normalized spacial score (nSPS) is 12.9. The zero-order valence-electron chi connectivity index (χ0n) is 11.8. The molecule has 0 fully saturated rings. The van der Waals surface area contributed by atoms with Gasteiger partial charge in [0.25, 0.3) is 0 Å². The summed E-state index contributed by atoms with van der Waals surface area (Å²) in [5.74, 6) is -0.801. The molecule has 0 saturated heterocycles. The molecule has 1 aromatic heterocycles. The highest BCUT2D eigenvalue weighted by atomic mass is 16.4. The summed E-state index contributed by atoms with van der Waals surface area (Å²) in [6, 6.07) is 3.60. The second-order valence-corrected chi connectivity index (χ2v) is 5.08. The Labute approximate surface area is 114 Å². The quantitative estimate of drug-likeness (QED) is 0.734. The van der Waals surface area contributed by atoms with Crippen LogP contribution in [-0.2, 0) is 11.2 Å². The molecule has 1 rings (SSSR count). The van der Waals surface area contributed by atoms with E-state index in [1.54, 1.807) is 12.4 Å². The van der Waals surface area contributed by atoms with E-state index in [-0.39, 0.29) is 6.04 Å². The smallest absolute Gasteiger partial charge is 0.322 e. The van der Waals surface area contributed by atoms with Gasteiger partial charge in [-0.2, -0.15) is 0 Å². The van der Waals surface area contributed by atoms with Crippen molar-refractivity contribution in [2.45, 2.75) is 32.4 Å². The van der Waals surface area contributed by atoms with Crippen molar-refractivity contribution in [2.24, 2.45) is 0 Å². The number of carbonyl (C=O) groups is 1. The Kier molecular flexibility index (Phi) is 6.45. The van der Waals surface area contributed by atoms with Crippen LogP contribution in [0.3, 0.4) is 0 Å². The SMILES string of the molecule is CC(C)NC(CN(C)CCc1ccncc1)C(=O)O. The monoisotopic (exact) mass is 265 g/mol. The van der Waals surface area contributed by atoms with Crippen molar-refractivity contribution in [3.05, 3.63) is 30.1 Å². The summed E-state index contributed by atoms with van der Waals surface area (Å²) < 4.78 is 0. The summed E-state index contributed by atoms with van der Waals surface area (Å²) in [7, 11) is 1.94. The molecule has 0 aliphatic rings. The molecule has 1 unspecified atom stereocenters. The number of aromatic nitrogens is 1. The molecule has 0 aliphatic carbocycles. The average Bonchev–Trinajstić information content (AvgIpc) is 2.36. The molecule has 106 valence electrons. The van der Waals surface area contributed by atoms with E-state index >= 15 is 0 Å². The minimum Gasteiger partial charge on any atom is -0.480 e. The molecule has 1 atom stereocenters. The molecule has 0 saturated carbocycles. The lowest BCUT2D eigenvalue weighted by Crippen LogP contribution is -2.48. The van der Waals surface area contributed by atoms with Crippen LogP contribution in [0.4, 0.5) is 0 Å². The number of nitrogens with one attached hydrogen (secondary N) is 1. The third-order valence-corrected chi connectivity index (χ3v) is 2.86. The van der Waals surface area contributed by atoms with E-state index in [1.807, 2.05) is 37.9 Å². The van der Waals surface area contributed by atoms with Gasteiger partial charge >= 0.3 is 5.97 Å². The van der Waals surface area contributed by atoms with Crippen LogP contribution in [0.25, 0.3) is 0 Å². The number of nitrogens with zero attached hydrogens (tertiary/aromatic N) is 2. The standard InChI is InChI=1S/C14H23N3O2/c1-11(2)16-13(14(18)19)10-17(3)9-6-12-4-7-15-8-5-12/h4-5,7-8,11,13,16H,6,9-10H2,1-3H3,(H,18,19). The summed E-state index contributed by atoms with van der Waals surface area (Å²) in [5, 5.41) is 12.2. The molecular weight excluding hydrogens is 242 g/mol. The van der Waals surface area contributed by atoms with Crippen molar-refractivity contribution in [1.82, 2.24) is 15.2 Å². The molecule has 0 aromatic carbocycles. The molecule has 0 aliphatic heterocycles. The molecule has 5 heteroatoms. The topological polar surface area (TPSA) is 65.5 Å². The van der Waals surface area contributed by atoms with Crippen LogP contribution in [0, 0.1) is 0 Å². The van der Waals surface area contributed by atoms with Gasteiger partial charge in [0.2, 0.25) is 0 Å². The average molecular weight is 265 g/mol. The first-order valence-corrected chi connectivity index (χ1v) is 6.55. The Bertz CT molecular complexity index is 382. The van der Waals surface area contributed by atoms with Gasteiger partial charge in [-0.25, -0.2) is 0 Å². The lowest BCUT2D eigenvalue weighted by Gasteiger charge is -2.23. The minimum absolute atomic E-state index is 0.162. The maximum Gasteiger partial charge on any atom is 0.322 e. The van der Waals surface area contributed by atoms with Crippen LogP contribution in [0.15, 0.2) is 24.5 Å². The Morgan fingerprint density at radius 1 is 1.42 bits per heavy atom. The second kappa shape index (κ2) is 7.86. The molecular formula is C14H23N3O2. The van der Waals surface area contributed by atoms with Gasteiger partial charge in [0.15, 0.2) is 0 Å². The number of likely N-dealkylation sites (N-methyl/N-ethyl adjacent to an activating group) is 1. The first kappa shape index (κ1) is 15.6. The van der Waals surface area contributed by atoms with E-state index in [0.717, 1.165) is 13.0 Å². The van der Waals surface area contributed by atoms with Crippen LogP contribution in [0.1, 0.15) is 19.4 Å². The summed E-state index contributed by atoms with van der Waals surface area (Å²) in [4.78, 5) is 17.2. The predicted molar refractivity (Wildman–Crippen MR) is 75.1 cm³/mol. The molecule has 19 heavy (non-hydrogen) atoms. The highest BCUT2D eigenvalue weighted by Gasteiger charge is 2.19. The van der Waals surface area contributed by atoms with Crippen LogP contribution >= 0.6 is 0 Å². The van der Waals surface area contributed by atoms with Gasteiger partial charge in [0.1, 0.15) is 6.04 Å². The molecule has 0 radical (unpaired) electrons. The Hall–Kier alpha value is -1.46. The maximum absolute atomic E-state index is 11.1. The molecule has 1 aromatic rings. The van der Waals surface area contributed by atoms with E-state index in [0.29, 0.717) is 6.54 Å². The molecule has 1 heterocycles. The number of aliphatic carboxylic acids is 1. The third kappa shape index (κ3) is 6.31. The molecule has 5 nitrogen and oxygen atoms in total. The van der Waals surface area contributed by atoms with Crippen LogP contribution in [0.5, 0.6) is 0 Å². The van der Waals surface area contributed by atoms with Crippen molar-refractivity contribution < 1.29 is 9.90 Å². The van der Waals surface area contributed by atoms with Crippen LogP contribution < -0.4 is 5.32 Å². The molecule has 0 spiro atoms. The number of pyridine rings is 1. The second-order valence-electron chi connectivity index (χ2n) is 5.08. The lowest BCUT2D eigenvalue weighted by molar-refractivity contribution is -0.140. The van der Waals surface area contributed by atoms with Gasteiger partial charge in [0.05, 0.1) is 0 Å². The minimum atomic E-state index is -0.801. The van der Waals surface area contributed by atoms with Gasteiger partial charge in [-0.05, 0) is 31.2 Å². The number of carboxylic acid groups (broad SMARTS) is 1. The highest BCUT2D eigenvalue weighted by Crippen LogP contribution is 2.00. The van der Waals surface area contributed by atoms with Gasteiger partial charge in [-0.15, -0.1) is 0 Å². The zero-order chi connectivity index (χ0) is 14.3. The van der Waals surface area contributed by atoms with Crippen LogP contribution in [-0.4, -0.2) is 53.2 Å². The first-order chi connectivity index (χ1) is 8.99. The fourth-order valence-corrected chi connectivity index (χ4v) is 1.88. The predicted octanol–water partition coefficient (Wildman–Crippen LogP) is 1.01. The first-order valence-electron chi connectivity index (χ1n) is 6.55. The molecule has 2 N–H and O–H groups in total. The fraction of sp³-hybridized carbons (Fsp3) is 0.571. The van der Waals surface area contributed by atoms with Gasteiger partial charge in [0, 0.05) is 31.5 Å². The Balaban J connectivity index is 2.40. The lowest BCUT2D eigenvalue weighted by atomic mass is 10.2. The fourth-order valence-electron chi connectivity index (χ4n) is 1.88. The van der Waals surface area contributed by atoms with Gasteiger partial charge in [-0.3, -0.25) is 9.78 Å². The highest BCUT2D eigenvalue weighted by molar-refractivity contribution is 5.73. The van der Waals surface area contributed by atoms with Crippen molar-refractivity contribution in [1.29, 1.82) is 0 Å². The van der Waals surface area contributed by atoms with E-state index in [4.69, 9.17) is 5.11 Å². The van der Waals surface area contributed by atoms with Gasteiger partial charge < -0.3 is 15.3 Å². The van der Waals surface area contributed by atoms with E-state index in [1.165, 1.54) is 5.56 Å². The molecule has 0 bridgehead atoms.